The van der Waals surface area contributed by atoms with Crippen molar-refractivity contribution in [2.75, 3.05) is 0 Å². The molecule has 1 saturated heterocycles. The summed E-state index contributed by atoms with van der Waals surface area (Å²) in [6, 6.07) is 9.39. The summed E-state index contributed by atoms with van der Waals surface area (Å²) in [5, 5.41) is 2.90. The number of benzene rings is 1. The molecule has 1 N–H and O–H groups in total. The number of alkyl carbamates (subject to hydrolysis) is 1. The number of hydrogen-bond donors (Lipinski definition) is 1. The van der Waals surface area contributed by atoms with E-state index in [2.05, 4.69) is 5.32 Å². The van der Waals surface area contributed by atoms with Gasteiger partial charge in [-0.05, 0) is 59.3 Å². The highest BCUT2D eigenvalue weighted by atomic mass is 28.4. The number of carbonyl (C=O) groups is 2. The first-order chi connectivity index (χ1) is 12.8. The number of cyclic esters (lactones) is 1. The third-order valence-corrected chi connectivity index (χ3v) is 5.32. The molecule has 1 aromatic carbocycles. The third-order valence-electron chi connectivity index (χ3n) is 4.26. The highest BCUT2D eigenvalue weighted by molar-refractivity contribution is 6.70. The van der Waals surface area contributed by atoms with E-state index < -0.39 is 37.8 Å². The maximum absolute atomic E-state index is 12.6. The zero-order chi connectivity index (χ0) is 21.2. The lowest BCUT2D eigenvalue weighted by Crippen LogP contribution is -2.47. The van der Waals surface area contributed by atoms with Gasteiger partial charge in [-0.15, -0.1) is 0 Å². The predicted octanol–water partition coefficient (Wildman–Crippen LogP) is 4.05. The first kappa shape index (κ1) is 22.4. The Morgan fingerprint density at radius 2 is 1.89 bits per heavy atom. The van der Waals surface area contributed by atoms with E-state index in [0.717, 1.165) is 5.56 Å². The van der Waals surface area contributed by atoms with Gasteiger partial charge in [0.05, 0.1) is 6.04 Å². The number of ether oxygens (including phenoxy) is 2. The second-order valence-electron chi connectivity index (χ2n) is 9.54. The lowest BCUT2D eigenvalue weighted by atomic mass is 9.94. The standard InChI is InChI=1S/C21H33NO5Si/c1-20(2,3)26-19(24)22-16(13-15-11-9-8-10-12-15)17-14-21(4,18(23)25-17)27-28(5,6)7/h8-12,16-17H,13-14H2,1-7H3,(H,22,24)/t16-,17-,21-/m0/s1. The zero-order valence-electron chi connectivity index (χ0n) is 18.0. The van der Waals surface area contributed by atoms with Crippen molar-refractivity contribution in [3.63, 3.8) is 0 Å². The van der Waals surface area contributed by atoms with Crippen molar-refractivity contribution in [2.45, 2.75) is 83.5 Å². The van der Waals surface area contributed by atoms with Crippen LogP contribution in [0.3, 0.4) is 0 Å². The van der Waals surface area contributed by atoms with Crippen LogP contribution < -0.4 is 5.32 Å². The fraction of sp³-hybridized carbons (Fsp3) is 0.619. The molecule has 3 atom stereocenters. The number of carbonyl (C=O) groups excluding carboxylic acids is 2. The monoisotopic (exact) mass is 407 g/mol. The van der Waals surface area contributed by atoms with Crippen LogP contribution in [0.4, 0.5) is 4.79 Å². The largest absolute Gasteiger partial charge is 0.458 e. The Bertz CT molecular complexity index is 695. The van der Waals surface area contributed by atoms with Crippen LogP contribution in [0.5, 0.6) is 0 Å². The molecule has 1 heterocycles. The van der Waals surface area contributed by atoms with Crippen molar-refractivity contribution in [3.8, 4) is 0 Å². The van der Waals surface area contributed by atoms with Gasteiger partial charge < -0.3 is 19.2 Å². The summed E-state index contributed by atoms with van der Waals surface area (Å²) in [5.74, 6) is -0.371. The van der Waals surface area contributed by atoms with Gasteiger partial charge in [-0.25, -0.2) is 9.59 Å². The molecule has 1 aliphatic heterocycles. The van der Waals surface area contributed by atoms with Crippen molar-refractivity contribution >= 4 is 20.4 Å². The van der Waals surface area contributed by atoms with Gasteiger partial charge in [0.1, 0.15) is 11.7 Å². The molecule has 7 heteroatoms. The average molecular weight is 408 g/mol. The Morgan fingerprint density at radius 3 is 2.43 bits per heavy atom. The van der Waals surface area contributed by atoms with E-state index in [1.165, 1.54) is 0 Å². The molecule has 1 fully saturated rings. The first-order valence-corrected chi connectivity index (χ1v) is 13.1. The van der Waals surface area contributed by atoms with Gasteiger partial charge in [0.15, 0.2) is 13.9 Å². The van der Waals surface area contributed by atoms with Crippen molar-refractivity contribution in [2.24, 2.45) is 0 Å². The Morgan fingerprint density at radius 1 is 1.29 bits per heavy atom. The molecule has 0 aromatic heterocycles. The minimum atomic E-state index is -1.95. The molecule has 1 aromatic rings. The number of nitrogens with one attached hydrogen (secondary N) is 1. The van der Waals surface area contributed by atoms with E-state index in [-0.39, 0.29) is 5.97 Å². The lowest BCUT2D eigenvalue weighted by molar-refractivity contribution is -0.153. The summed E-state index contributed by atoms with van der Waals surface area (Å²) in [7, 11) is -1.95. The third kappa shape index (κ3) is 6.63. The molecule has 0 saturated carbocycles. The summed E-state index contributed by atoms with van der Waals surface area (Å²) in [6.07, 6.45) is -0.0875. The van der Waals surface area contributed by atoms with Crippen molar-refractivity contribution in [1.29, 1.82) is 0 Å². The van der Waals surface area contributed by atoms with E-state index in [1.54, 1.807) is 6.92 Å². The van der Waals surface area contributed by atoms with Gasteiger partial charge in [-0.1, -0.05) is 30.3 Å². The highest BCUT2D eigenvalue weighted by Gasteiger charge is 2.51. The quantitative estimate of drug-likeness (QED) is 0.569. The number of esters is 1. The van der Waals surface area contributed by atoms with Crippen molar-refractivity contribution in [1.82, 2.24) is 5.32 Å². The van der Waals surface area contributed by atoms with Gasteiger partial charge >= 0.3 is 12.1 Å². The molecule has 156 valence electrons. The van der Waals surface area contributed by atoms with Crippen LogP contribution in [0.2, 0.25) is 19.6 Å². The predicted molar refractivity (Wildman–Crippen MR) is 111 cm³/mol. The van der Waals surface area contributed by atoms with Crippen LogP contribution in [-0.2, 0) is 25.1 Å². The molecule has 0 bridgehead atoms. The fourth-order valence-electron chi connectivity index (χ4n) is 3.36. The average Bonchev–Trinajstić information content (AvgIpc) is 2.79. The lowest BCUT2D eigenvalue weighted by Gasteiger charge is -2.30. The first-order valence-electron chi connectivity index (χ1n) is 9.72. The summed E-state index contributed by atoms with van der Waals surface area (Å²) in [5.41, 5.74) is -0.553. The van der Waals surface area contributed by atoms with Gasteiger partial charge in [0, 0.05) is 6.42 Å². The molecule has 6 nitrogen and oxygen atoms in total. The van der Waals surface area contributed by atoms with Gasteiger partial charge in [-0.2, -0.15) is 0 Å². The molecular weight excluding hydrogens is 374 g/mol. The second-order valence-corrected chi connectivity index (χ2v) is 14.0. The molecule has 2 rings (SSSR count). The number of rotatable bonds is 6. The Kier molecular flexibility index (Phi) is 6.61. The Hall–Kier alpha value is -1.86. The van der Waals surface area contributed by atoms with E-state index in [4.69, 9.17) is 13.9 Å². The van der Waals surface area contributed by atoms with E-state index in [0.29, 0.717) is 12.8 Å². The van der Waals surface area contributed by atoms with Crippen LogP contribution in [0.1, 0.15) is 39.7 Å². The minimum absolute atomic E-state index is 0.371. The molecule has 28 heavy (non-hydrogen) atoms. The van der Waals surface area contributed by atoms with Gasteiger partial charge in [0.25, 0.3) is 0 Å². The topological polar surface area (TPSA) is 73.9 Å². The second kappa shape index (κ2) is 8.25. The van der Waals surface area contributed by atoms with Crippen LogP contribution in [0.15, 0.2) is 30.3 Å². The normalized spacial score (nSPS) is 23.8. The molecule has 0 unspecified atom stereocenters. The summed E-state index contributed by atoms with van der Waals surface area (Å²) in [6.45, 7) is 13.3. The molecule has 0 aliphatic carbocycles. The van der Waals surface area contributed by atoms with E-state index in [1.807, 2.05) is 70.7 Å². The van der Waals surface area contributed by atoms with Crippen molar-refractivity contribution < 1.29 is 23.5 Å². The van der Waals surface area contributed by atoms with Crippen molar-refractivity contribution in [3.05, 3.63) is 35.9 Å². The maximum Gasteiger partial charge on any atom is 0.408 e. The maximum atomic E-state index is 12.6. The summed E-state index contributed by atoms with van der Waals surface area (Å²) in [4.78, 5) is 25.0. The zero-order valence-corrected chi connectivity index (χ0v) is 19.0. The van der Waals surface area contributed by atoms with E-state index >= 15 is 0 Å². The van der Waals surface area contributed by atoms with Gasteiger partial charge in [-0.3, -0.25) is 0 Å². The van der Waals surface area contributed by atoms with Crippen LogP contribution in [0, 0.1) is 0 Å². The highest BCUT2D eigenvalue weighted by Crippen LogP contribution is 2.34. The molecule has 1 aliphatic rings. The van der Waals surface area contributed by atoms with Crippen LogP contribution in [0.25, 0.3) is 0 Å². The molecule has 0 spiro atoms. The molecule has 1 amide bonds. The molecular formula is C21H33NO5Si. The van der Waals surface area contributed by atoms with E-state index in [9.17, 15) is 9.59 Å². The minimum Gasteiger partial charge on any atom is -0.458 e. The van der Waals surface area contributed by atoms with Crippen LogP contribution in [-0.4, -0.2) is 43.7 Å². The summed E-state index contributed by atoms with van der Waals surface area (Å²) < 4.78 is 17.2. The fourth-order valence-corrected chi connectivity index (χ4v) is 4.88. The smallest absolute Gasteiger partial charge is 0.408 e. The number of hydrogen-bond acceptors (Lipinski definition) is 5. The SMILES string of the molecule is CC(C)(C)OC(=O)N[C@@H](Cc1ccccc1)[C@@H]1C[C@](C)(O[Si](C)(C)C)C(=O)O1. The number of amides is 1. The van der Waals surface area contributed by atoms with Crippen LogP contribution >= 0.6 is 0 Å². The molecule has 0 radical (unpaired) electrons. The Labute approximate surface area is 169 Å². The van der Waals surface area contributed by atoms with Gasteiger partial charge in [0.2, 0.25) is 0 Å². The Balaban J connectivity index is 2.19. The summed E-state index contributed by atoms with van der Waals surface area (Å²) >= 11 is 0.